The number of aromatic nitrogens is 1. The molecule has 0 saturated carbocycles. The Balaban J connectivity index is 2.09. The first-order valence-corrected chi connectivity index (χ1v) is 7.25. The Morgan fingerprint density at radius 2 is 1.70 bits per heavy atom. The van der Waals surface area contributed by atoms with Crippen molar-refractivity contribution in [1.82, 2.24) is 4.98 Å². The Morgan fingerprint density at radius 3 is 2.40 bits per heavy atom. The Morgan fingerprint density at radius 1 is 1.00 bits per heavy atom. The van der Waals surface area contributed by atoms with E-state index < -0.39 is 0 Å². The van der Waals surface area contributed by atoms with Crippen LogP contribution in [0.2, 0.25) is 0 Å². The zero-order valence-corrected chi connectivity index (χ0v) is 11.9. The van der Waals surface area contributed by atoms with Gasteiger partial charge in [0.05, 0.1) is 10.7 Å². The van der Waals surface area contributed by atoms with E-state index in [1.54, 1.807) is 11.3 Å². The smallest absolute Gasteiger partial charge is 0.193 e. The van der Waals surface area contributed by atoms with Gasteiger partial charge in [-0.1, -0.05) is 54.6 Å². The molecule has 20 heavy (non-hydrogen) atoms. The molecule has 0 aliphatic rings. The van der Waals surface area contributed by atoms with Gasteiger partial charge < -0.3 is 0 Å². The fourth-order valence-electron chi connectivity index (χ4n) is 2.14. The van der Waals surface area contributed by atoms with Crippen molar-refractivity contribution in [3.05, 3.63) is 76.1 Å². The molecule has 1 heterocycles. The zero-order valence-electron chi connectivity index (χ0n) is 11.0. The molecular weight excluding hydrogens is 266 g/mol. The summed E-state index contributed by atoms with van der Waals surface area (Å²) >= 11 is 1.59. The first kappa shape index (κ1) is 12.8. The van der Waals surface area contributed by atoms with Crippen molar-refractivity contribution in [3.63, 3.8) is 0 Å². The average molecular weight is 279 g/mol. The third-order valence-corrected chi connectivity index (χ3v) is 3.88. The Bertz CT molecular complexity index is 746. The van der Waals surface area contributed by atoms with Crippen molar-refractivity contribution in [2.24, 2.45) is 0 Å². The molecule has 3 rings (SSSR count). The average Bonchev–Trinajstić information content (AvgIpc) is 2.94. The van der Waals surface area contributed by atoms with Crippen molar-refractivity contribution in [1.29, 1.82) is 0 Å². The molecule has 0 saturated heterocycles. The number of thiazole rings is 1. The molecule has 1 aromatic heterocycles. The van der Waals surface area contributed by atoms with E-state index in [0.717, 1.165) is 16.3 Å². The summed E-state index contributed by atoms with van der Waals surface area (Å²) in [5, 5.41) is 2.99. The topological polar surface area (TPSA) is 30.0 Å². The highest BCUT2D eigenvalue weighted by atomic mass is 32.1. The van der Waals surface area contributed by atoms with Crippen LogP contribution in [-0.2, 0) is 0 Å². The lowest BCUT2D eigenvalue weighted by atomic mass is 9.97. The molecule has 0 radical (unpaired) electrons. The summed E-state index contributed by atoms with van der Waals surface area (Å²) < 4.78 is 0. The van der Waals surface area contributed by atoms with Crippen molar-refractivity contribution in [2.45, 2.75) is 6.92 Å². The van der Waals surface area contributed by atoms with Crippen LogP contribution in [0, 0.1) is 6.92 Å². The normalized spacial score (nSPS) is 10.4. The molecule has 0 atom stereocenters. The molecule has 2 aromatic carbocycles. The third-order valence-electron chi connectivity index (χ3n) is 3.10. The van der Waals surface area contributed by atoms with Crippen molar-refractivity contribution in [2.75, 3.05) is 0 Å². The minimum atomic E-state index is 0.0341. The highest BCUT2D eigenvalue weighted by Gasteiger charge is 2.15. The quantitative estimate of drug-likeness (QED) is 0.667. The van der Waals surface area contributed by atoms with Crippen molar-refractivity contribution < 1.29 is 4.79 Å². The van der Waals surface area contributed by atoms with Crippen LogP contribution in [0.4, 0.5) is 0 Å². The first-order valence-electron chi connectivity index (χ1n) is 6.37. The highest BCUT2D eigenvalue weighted by Crippen LogP contribution is 2.26. The van der Waals surface area contributed by atoms with Crippen LogP contribution in [0.25, 0.3) is 11.3 Å². The number of carbonyl (C=O) groups is 1. The maximum Gasteiger partial charge on any atom is 0.193 e. The second-order valence-electron chi connectivity index (χ2n) is 4.49. The standard InChI is InChI=1S/C17H13NOS/c1-12-18-16(11-20-12)14-9-5-6-10-15(14)17(19)13-7-3-2-4-8-13/h2-11H,1H3. The van der Waals surface area contributed by atoms with Gasteiger partial charge in [-0.3, -0.25) is 4.79 Å². The van der Waals surface area contributed by atoms with Gasteiger partial charge in [-0.15, -0.1) is 11.3 Å². The van der Waals surface area contributed by atoms with Crippen LogP contribution in [0.5, 0.6) is 0 Å². The van der Waals surface area contributed by atoms with E-state index in [-0.39, 0.29) is 5.78 Å². The minimum Gasteiger partial charge on any atom is -0.289 e. The maximum absolute atomic E-state index is 12.6. The predicted octanol–water partition coefficient (Wildman–Crippen LogP) is 4.35. The third kappa shape index (κ3) is 2.40. The highest BCUT2D eigenvalue weighted by molar-refractivity contribution is 7.09. The van der Waals surface area contributed by atoms with E-state index in [2.05, 4.69) is 4.98 Å². The number of benzene rings is 2. The van der Waals surface area contributed by atoms with Gasteiger partial charge in [0.25, 0.3) is 0 Å². The number of rotatable bonds is 3. The van der Waals surface area contributed by atoms with Crippen LogP contribution in [-0.4, -0.2) is 10.8 Å². The lowest BCUT2D eigenvalue weighted by Gasteiger charge is -2.06. The van der Waals surface area contributed by atoms with Gasteiger partial charge in [-0.05, 0) is 6.92 Å². The van der Waals surface area contributed by atoms with E-state index >= 15 is 0 Å². The molecule has 0 aliphatic heterocycles. The molecule has 2 nitrogen and oxygen atoms in total. The number of hydrogen-bond acceptors (Lipinski definition) is 3. The maximum atomic E-state index is 12.6. The number of nitrogens with zero attached hydrogens (tertiary/aromatic N) is 1. The summed E-state index contributed by atoms with van der Waals surface area (Å²) in [6.07, 6.45) is 0. The Hall–Kier alpha value is -2.26. The SMILES string of the molecule is Cc1nc(-c2ccccc2C(=O)c2ccccc2)cs1. The first-order chi connectivity index (χ1) is 9.75. The molecule has 3 heteroatoms. The Kier molecular flexibility index (Phi) is 3.44. The van der Waals surface area contributed by atoms with Crippen LogP contribution < -0.4 is 0 Å². The monoisotopic (exact) mass is 279 g/mol. The van der Waals surface area contributed by atoms with Crippen LogP contribution in [0.15, 0.2) is 60.0 Å². The number of aryl methyl sites for hydroxylation is 1. The predicted molar refractivity (Wildman–Crippen MR) is 82.2 cm³/mol. The van der Waals surface area contributed by atoms with Gasteiger partial charge in [-0.25, -0.2) is 4.98 Å². The molecule has 0 spiro atoms. The molecule has 0 amide bonds. The molecule has 98 valence electrons. The van der Waals surface area contributed by atoms with Gasteiger partial charge in [0, 0.05) is 22.1 Å². The van der Waals surface area contributed by atoms with Gasteiger partial charge >= 0.3 is 0 Å². The summed E-state index contributed by atoms with van der Waals surface area (Å²) in [7, 11) is 0. The number of ketones is 1. The largest absolute Gasteiger partial charge is 0.289 e. The van der Waals surface area contributed by atoms with E-state index in [9.17, 15) is 4.79 Å². The number of carbonyl (C=O) groups excluding carboxylic acids is 1. The summed E-state index contributed by atoms with van der Waals surface area (Å²) in [6, 6.07) is 17.0. The molecule has 0 unspecified atom stereocenters. The molecule has 3 aromatic rings. The fraction of sp³-hybridized carbons (Fsp3) is 0.0588. The Labute approximate surface area is 121 Å². The van der Waals surface area contributed by atoms with Crippen molar-refractivity contribution in [3.8, 4) is 11.3 Å². The fourth-order valence-corrected chi connectivity index (χ4v) is 2.75. The molecule has 0 fully saturated rings. The second kappa shape index (κ2) is 5.39. The van der Waals surface area contributed by atoms with Gasteiger partial charge in [0.2, 0.25) is 0 Å². The number of hydrogen-bond donors (Lipinski definition) is 0. The molecular formula is C17H13NOS. The summed E-state index contributed by atoms with van der Waals surface area (Å²) in [4.78, 5) is 17.1. The van der Waals surface area contributed by atoms with E-state index in [4.69, 9.17) is 0 Å². The van der Waals surface area contributed by atoms with Crippen LogP contribution in [0.1, 0.15) is 20.9 Å². The lowest BCUT2D eigenvalue weighted by molar-refractivity contribution is 0.103. The minimum absolute atomic E-state index is 0.0341. The molecule has 0 aliphatic carbocycles. The van der Waals surface area contributed by atoms with E-state index in [0.29, 0.717) is 11.1 Å². The van der Waals surface area contributed by atoms with E-state index in [1.165, 1.54) is 0 Å². The lowest BCUT2D eigenvalue weighted by Crippen LogP contribution is -2.03. The van der Waals surface area contributed by atoms with Gasteiger partial charge in [0.1, 0.15) is 0 Å². The van der Waals surface area contributed by atoms with Gasteiger partial charge in [-0.2, -0.15) is 0 Å². The summed E-state index contributed by atoms with van der Waals surface area (Å²) in [6.45, 7) is 1.97. The summed E-state index contributed by atoms with van der Waals surface area (Å²) in [5.74, 6) is 0.0341. The van der Waals surface area contributed by atoms with Gasteiger partial charge in [0.15, 0.2) is 5.78 Å². The van der Waals surface area contributed by atoms with E-state index in [1.807, 2.05) is 66.9 Å². The molecule has 0 N–H and O–H groups in total. The van der Waals surface area contributed by atoms with Crippen LogP contribution in [0.3, 0.4) is 0 Å². The van der Waals surface area contributed by atoms with Crippen LogP contribution >= 0.6 is 11.3 Å². The zero-order chi connectivity index (χ0) is 13.9. The summed E-state index contributed by atoms with van der Waals surface area (Å²) in [5.41, 5.74) is 3.16. The molecule has 0 bridgehead atoms. The second-order valence-corrected chi connectivity index (χ2v) is 5.55. The van der Waals surface area contributed by atoms with Crippen molar-refractivity contribution >= 4 is 17.1 Å².